The zero-order chi connectivity index (χ0) is 18.1. The molecule has 26 heavy (non-hydrogen) atoms. The smallest absolute Gasteiger partial charge is 0.232 e. The van der Waals surface area contributed by atoms with Crippen LogP contribution in [0.5, 0.6) is 0 Å². The molecule has 5 heteroatoms. The van der Waals surface area contributed by atoms with Crippen molar-refractivity contribution in [3.8, 4) is 0 Å². The third-order valence-electron chi connectivity index (χ3n) is 7.76. The Kier molecular flexibility index (Phi) is 3.75. The molecule has 1 saturated heterocycles. The number of piperidine rings is 1. The van der Waals surface area contributed by atoms with E-state index in [1.54, 1.807) is 4.31 Å². The molecule has 4 nitrogen and oxygen atoms in total. The van der Waals surface area contributed by atoms with E-state index in [2.05, 4.69) is 17.9 Å². The van der Waals surface area contributed by atoms with E-state index in [9.17, 15) is 8.42 Å². The van der Waals surface area contributed by atoms with Crippen molar-refractivity contribution in [1.82, 2.24) is 4.90 Å². The van der Waals surface area contributed by atoms with Gasteiger partial charge < -0.3 is 4.90 Å². The molecule has 3 fully saturated rings. The van der Waals surface area contributed by atoms with Crippen molar-refractivity contribution in [2.45, 2.75) is 56.9 Å². The zero-order valence-corrected chi connectivity index (χ0v) is 16.8. The standard InChI is InChI=1S/C21H30N2O2S/c1-15-3-6-19-18(11-15)21(14-23(19)26(2,24)25)7-9-22(10-8-21)20-13-16-4-5-17(20)12-16/h3,6,11,16-17,20H,4-5,7-10,12-14H2,1-2H3/t16-,17+,20?/m0/s1. The second kappa shape index (κ2) is 5.71. The van der Waals surface area contributed by atoms with Gasteiger partial charge in [0.2, 0.25) is 10.0 Å². The van der Waals surface area contributed by atoms with Crippen molar-refractivity contribution >= 4 is 15.7 Å². The average Bonchev–Trinajstić information content (AvgIpc) is 3.29. The van der Waals surface area contributed by atoms with E-state index in [0.29, 0.717) is 6.54 Å². The number of likely N-dealkylation sites (tertiary alicyclic amines) is 1. The first-order valence-electron chi connectivity index (χ1n) is 10.2. The van der Waals surface area contributed by atoms with Crippen LogP contribution >= 0.6 is 0 Å². The molecule has 3 atom stereocenters. The SMILES string of the molecule is Cc1ccc2c(c1)C1(CCN(C3C[C@H]4CC[C@@H]3C4)CC1)CN2S(C)(=O)=O. The molecule has 142 valence electrons. The quantitative estimate of drug-likeness (QED) is 0.797. The van der Waals surface area contributed by atoms with Crippen LogP contribution in [0, 0.1) is 18.8 Å². The van der Waals surface area contributed by atoms with E-state index in [0.717, 1.165) is 49.5 Å². The highest BCUT2D eigenvalue weighted by atomic mass is 32.2. The Hall–Kier alpha value is -1.07. The summed E-state index contributed by atoms with van der Waals surface area (Å²) < 4.78 is 26.4. The maximum atomic E-state index is 12.4. The van der Waals surface area contributed by atoms with Gasteiger partial charge in [0, 0.05) is 18.0 Å². The van der Waals surface area contributed by atoms with Crippen molar-refractivity contribution in [3.05, 3.63) is 29.3 Å². The summed E-state index contributed by atoms with van der Waals surface area (Å²) in [5, 5.41) is 0. The Morgan fingerprint density at radius 3 is 2.50 bits per heavy atom. The van der Waals surface area contributed by atoms with Crippen LogP contribution in [-0.2, 0) is 15.4 Å². The summed E-state index contributed by atoms with van der Waals surface area (Å²) in [6.45, 7) is 4.99. The summed E-state index contributed by atoms with van der Waals surface area (Å²) in [6, 6.07) is 7.10. The lowest BCUT2D eigenvalue weighted by Gasteiger charge is -2.44. The van der Waals surface area contributed by atoms with Crippen molar-refractivity contribution in [2.75, 3.05) is 30.2 Å². The van der Waals surface area contributed by atoms with Crippen molar-refractivity contribution in [1.29, 1.82) is 0 Å². The van der Waals surface area contributed by atoms with Gasteiger partial charge in [0.1, 0.15) is 0 Å². The fourth-order valence-corrected chi connectivity index (χ4v) is 7.40. The number of hydrogen-bond acceptors (Lipinski definition) is 3. The van der Waals surface area contributed by atoms with Crippen LogP contribution in [-0.4, -0.2) is 45.2 Å². The predicted octanol–water partition coefficient (Wildman–Crippen LogP) is 3.30. The minimum Gasteiger partial charge on any atom is -0.300 e. The normalized spacial score (nSPS) is 33.2. The van der Waals surface area contributed by atoms with Gasteiger partial charge in [-0.3, -0.25) is 4.31 Å². The van der Waals surface area contributed by atoms with Crippen LogP contribution in [0.25, 0.3) is 0 Å². The lowest BCUT2D eigenvalue weighted by Crippen LogP contribution is -2.50. The molecule has 0 N–H and O–H groups in total. The third-order valence-corrected chi connectivity index (χ3v) is 8.89. The number of hydrogen-bond donors (Lipinski definition) is 0. The minimum atomic E-state index is -3.22. The monoisotopic (exact) mass is 374 g/mol. The van der Waals surface area contributed by atoms with E-state index in [1.165, 1.54) is 43.1 Å². The third kappa shape index (κ3) is 2.54. The molecule has 2 aliphatic carbocycles. The minimum absolute atomic E-state index is 0.0125. The summed E-state index contributed by atoms with van der Waals surface area (Å²) in [5.41, 5.74) is 3.44. The summed E-state index contributed by atoms with van der Waals surface area (Å²) in [5.74, 6) is 1.91. The van der Waals surface area contributed by atoms with Gasteiger partial charge in [0.05, 0.1) is 11.9 Å². The number of rotatable bonds is 2. The molecule has 0 aromatic heterocycles. The fourth-order valence-electron chi connectivity index (χ4n) is 6.40. The lowest BCUT2D eigenvalue weighted by atomic mass is 9.73. The molecular formula is C21H30N2O2S. The summed E-state index contributed by atoms with van der Waals surface area (Å²) in [4.78, 5) is 2.74. The van der Waals surface area contributed by atoms with E-state index < -0.39 is 10.0 Å². The first-order valence-corrected chi connectivity index (χ1v) is 12.0. The van der Waals surface area contributed by atoms with Gasteiger partial charge in [-0.2, -0.15) is 0 Å². The van der Waals surface area contributed by atoms with Crippen LogP contribution in [0.3, 0.4) is 0 Å². The number of anilines is 1. The summed E-state index contributed by atoms with van der Waals surface area (Å²) in [6.07, 6.45) is 9.27. The lowest BCUT2D eigenvalue weighted by molar-refractivity contribution is 0.0881. The van der Waals surface area contributed by atoms with E-state index in [1.807, 2.05) is 12.1 Å². The van der Waals surface area contributed by atoms with E-state index in [4.69, 9.17) is 0 Å². The van der Waals surface area contributed by atoms with Gasteiger partial charge in [-0.1, -0.05) is 24.1 Å². The summed E-state index contributed by atoms with van der Waals surface area (Å²) >= 11 is 0. The van der Waals surface area contributed by atoms with Crippen molar-refractivity contribution in [2.24, 2.45) is 11.8 Å². The molecule has 4 aliphatic rings. The maximum absolute atomic E-state index is 12.4. The Bertz CT molecular complexity index is 826. The van der Waals surface area contributed by atoms with Crippen LogP contribution < -0.4 is 4.31 Å². The first kappa shape index (κ1) is 17.1. The molecule has 5 rings (SSSR count). The highest BCUT2D eigenvalue weighted by Gasteiger charge is 2.49. The van der Waals surface area contributed by atoms with Crippen LogP contribution in [0.15, 0.2) is 18.2 Å². The van der Waals surface area contributed by atoms with Crippen molar-refractivity contribution in [3.63, 3.8) is 0 Å². The molecule has 1 aromatic carbocycles. The Morgan fingerprint density at radius 2 is 1.88 bits per heavy atom. The predicted molar refractivity (Wildman–Crippen MR) is 105 cm³/mol. The fraction of sp³-hybridized carbons (Fsp3) is 0.714. The van der Waals surface area contributed by atoms with Gasteiger partial charge in [0.15, 0.2) is 0 Å². The molecule has 0 radical (unpaired) electrons. The number of fused-ring (bicyclic) bond motifs is 4. The maximum Gasteiger partial charge on any atom is 0.232 e. The second-order valence-electron chi connectivity index (χ2n) is 9.35. The Morgan fingerprint density at radius 1 is 1.12 bits per heavy atom. The molecule has 1 aromatic rings. The first-order chi connectivity index (χ1) is 12.4. The van der Waals surface area contributed by atoms with E-state index in [-0.39, 0.29) is 5.41 Å². The number of benzene rings is 1. The molecule has 2 bridgehead atoms. The summed E-state index contributed by atoms with van der Waals surface area (Å²) in [7, 11) is -3.22. The largest absolute Gasteiger partial charge is 0.300 e. The molecule has 2 saturated carbocycles. The van der Waals surface area contributed by atoms with Gasteiger partial charge >= 0.3 is 0 Å². The van der Waals surface area contributed by atoms with Gasteiger partial charge in [-0.25, -0.2) is 8.42 Å². The molecule has 1 spiro atoms. The highest BCUT2D eigenvalue weighted by Crippen LogP contribution is 2.51. The highest BCUT2D eigenvalue weighted by molar-refractivity contribution is 7.92. The Labute approximate surface area is 157 Å². The second-order valence-corrected chi connectivity index (χ2v) is 11.3. The van der Waals surface area contributed by atoms with Gasteiger partial charge in [-0.05, 0) is 75.6 Å². The number of sulfonamides is 1. The molecule has 0 amide bonds. The van der Waals surface area contributed by atoms with Crippen LogP contribution in [0.4, 0.5) is 5.69 Å². The molecular weight excluding hydrogens is 344 g/mol. The van der Waals surface area contributed by atoms with Gasteiger partial charge in [-0.15, -0.1) is 0 Å². The number of aryl methyl sites for hydroxylation is 1. The zero-order valence-electron chi connectivity index (χ0n) is 15.9. The van der Waals surface area contributed by atoms with Crippen molar-refractivity contribution < 1.29 is 8.42 Å². The van der Waals surface area contributed by atoms with Gasteiger partial charge in [0.25, 0.3) is 0 Å². The number of nitrogens with zero attached hydrogens (tertiary/aromatic N) is 2. The Balaban J connectivity index is 1.41. The van der Waals surface area contributed by atoms with E-state index >= 15 is 0 Å². The van der Waals surface area contributed by atoms with Crippen LogP contribution in [0.2, 0.25) is 0 Å². The topological polar surface area (TPSA) is 40.6 Å². The average molecular weight is 375 g/mol. The van der Waals surface area contributed by atoms with Crippen LogP contribution in [0.1, 0.15) is 49.7 Å². The molecule has 2 aliphatic heterocycles. The molecule has 1 unspecified atom stereocenters. The molecule has 2 heterocycles.